The SMILES string of the molecule is CCOC(=O)c1c(CBr)cnc(C(F)F)c1O. The minimum atomic E-state index is -2.95. The van der Waals surface area contributed by atoms with Crippen LogP contribution in [0.5, 0.6) is 5.75 Å². The Bertz CT molecular complexity index is 426. The van der Waals surface area contributed by atoms with Gasteiger partial charge in [-0.25, -0.2) is 13.6 Å². The van der Waals surface area contributed by atoms with Crippen molar-refractivity contribution in [2.75, 3.05) is 6.61 Å². The molecule has 0 bridgehead atoms. The van der Waals surface area contributed by atoms with Crippen molar-refractivity contribution in [1.29, 1.82) is 0 Å². The smallest absolute Gasteiger partial charge is 0.342 e. The third-order valence-electron chi connectivity index (χ3n) is 1.99. The average Bonchev–Trinajstić information content (AvgIpc) is 2.27. The number of esters is 1. The summed E-state index contributed by atoms with van der Waals surface area (Å²) in [6.07, 6.45) is -1.84. The van der Waals surface area contributed by atoms with Gasteiger partial charge in [-0.05, 0) is 12.5 Å². The quantitative estimate of drug-likeness (QED) is 0.686. The van der Waals surface area contributed by atoms with E-state index >= 15 is 0 Å². The molecule has 0 radical (unpaired) electrons. The number of nitrogens with zero attached hydrogens (tertiary/aromatic N) is 1. The number of carbonyl (C=O) groups is 1. The maximum Gasteiger partial charge on any atom is 0.342 e. The number of ether oxygens (including phenoxy) is 1. The van der Waals surface area contributed by atoms with Crippen LogP contribution in [0.2, 0.25) is 0 Å². The fraction of sp³-hybridized carbons (Fsp3) is 0.400. The van der Waals surface area contributed by atoms with Crippen LogP contribution in [0, 0.1) is 0 Å². The summed E-state index contributed by atoms with van der Waals surface area (Å²) in [6.45, 7) is 1.67. The highest BCUT2D eigenvalue weighted by Gasteiger charge is 2.25. The standard InChI is InChI=1S/C10H10BrF2NO3/c1-2-17-10(16)6-5(3-11)4-14-7(8(6)15)9(12)13/h4,9,15H,2-3H2,1H3. The van der Waals surface area contributed by atoms with E-state index in [0.717, 1.165) is 6.20 Å². The van der Waals surface area contributed by atoms with Gasteiger partial charge in [-0.3, -0.25) is 4.98 Å². The van der Waals surface area contributed by atoms with Crippen LogP contribution in [-0.4, -0.2) is 22.7 Å². The predicted octanol–water partition coefficient (Wildman–Crippen LogP) is 2.80. The molecule has 0 aliphatic rings. The first kappa shape index (κ1) is 13.8. The second kappa shape index (κ2) is 5.90. The third kappa shape index (κ3) is 2.91. The first-order valence-electron chi connectivity index (χ1n) is 4.74. The monoisotopic (exact) mass is 309 g/mol. The second-order valence-electron chi connectivity index (χ2n) is 3.05. The molecule has 0 unspecified atom stereocenters. The second-order valence-corrected chi connectivity index (χ2v) is 3.61. The van der Waals surface area contributed by atoms with E-state index in [1.807, 2.05) is 0 Å². The molecule has 0 spiro atoms. The number of hydrogen-bond acceptors (Lipinski definition) is 4. The molecule has 17 heavy (non-hydrogen) atoms. The Morgan fingerprint density at radius 2 is 2.29 bits per heavy atom. The van der Waals surface area contributed by atoms with Crippen molar-refractivity contribution in [3.05, 3.63) is 23.0 Å². The van der Waals surface area contributed by atoms with Gasteiger partial charge in [-0.15, -0.1) is 0 Å². The molecule has 1 aromatic heterocycles. The molecule has 0 aromatic carbocycles. The lowest BCUT2D eigenvalue weighted by Gasteiger charge is -2.11. The molecule has 0 saturated carbocycles. The van der Waals surface area contributed by atoms with Gasteiger partial charge >= 0.3 is 5.97 Å². The van der Waals surface area contributed by atoms with Gasteiger partial charge in [0.1, 0.15) is 11.3 Å². The topological polar surface area (TPSA) is 59.4 Å². The third-order valence-corrected chi connectivity index (χ3v) is 2.59. The summed E-state index contributed by atoms with van der Waals surface area (Å²) in [5.74, 6) is -1.67. The summed E-state index contributed by atoms with van der Waals surface area (Å²) >= 11 is 3.08. The highest BCUT2D eigenvalue weighted by atomic mass is 79.9. The number of aromatic nitrogens is 1. The zero-order valence-corrected chi connectivity index (χ0v) is 10.5. The van der Waals surface area contributed by atoms with Crippen LogP contribution < -0.4 is 0 Å². The number of pyridine rings is 1. The van der Waals surface area contributed by atoms with E-state index in [1.165, 1.54) is 0 Å². The highest BCUT2D eigenvalue weighted by Crippen LogP contribution is 2.32. The molecule has 0 aliphatic heterocycles. The van der Waals surface area contributed by atoms with E-state index in [-0.39, 0.29) is 17.5 Å². The molecule has 1 aromatic rings. The number of carbonyl (C=O) groups excluding carboxylic acids is 1. The fourth-order valence-corrected chi connectivity index (χ4v) is 1.67. The summed E-state index contributed by atoms with van der Waals surface area (Å²) < 4.78 is 29.7. The summed E-state index contributed by atoms with van der Waals surface area (Å²) in [5.41, 5.74) is -0.794. The van der Waals surface area contributed by atoms with E-state index in [4.69, 9.17) is 4.74 Å². The van der Waals surface area contributed by atoms with Crippen LogP contribution in [-0.2, 0) is 10.1 Å². The first-order chi connectivity index (χ1) is 8.02. The highest BCUT2D eigenvalue weighted by molar-refractivity contribution is 9.08. The van der Waals surface area contributed by atoms with Crippen LogP contribution in [0.25, 0.3) is 0 Å². The van der Waals surface area contributed by atoms with Gasteiger partial charge in [-0.1, -0.05) is 15.9 Å². The van der Waals surface area contributed by atoms with Crippen LogP contribution in [0.15, 0.2) is 6.20 Å². The Morgan fingerprint density at radius 3 is 2.76 bits per heavy atom. The summed E-state index contributed by atoms with van der Waals surface area (Å²) in [4.78, 5) is 15.0. The van der Waals surface area contributed by atoms with Crippen molar-refractivity contribution in [3.8, 4) is 5.75 Å². The van der Waals surface area contributed by atoms with Crippen molar-refractivity contribution >= 4 is 21.9 Å². The Kier molecular flexibility index (Phi) is 4.80. The van der Waals surface area contributed by atoms with Crippen molar-refractivity contribution in [3.63, 3.8) is 0 Å². The number of halogens is 3. The minimum absolute atomic E-state index is 0.0896. The zero-order chi connectivity index (χ0) is 13.0. The van der Waals surface area contributed by atoms with Gasteiger partial charge in [0.2, 0.25) is 0 Å². The van der Waals surface area contributed by atoms with Gasteiger partial charge in [0.25, 0.3) is 6.43 Å². The van der Waals surface area contributed by atoms with Crippen LogP contribution in [0.3, 0.4) is 0 Å². The van der Waals surface area contributed by atoms with Crippen molar-refractivity contribution < 1.29 is 23.4 Å². The van der Waals surface area contributed by atoms with Gasteiger partial charge < -0.3 is 9.84 Å². The fourth-order valence-electron chi connectivity index (χ4n) is 1.25. The molecular formula is C10H10BrF2NO3. The molecule has 0 fully saturated rings. The van der Waals surface area contributed by atoms with Gasteiger partial charge in [-0.2, -0.15) is 0 Å². The lowest BCUT2D eigenvalue weighted by atomic mass is 10.1. The van der Waals surface area contributed by atoms with E-state index < -0.39 is 23.8 Å². The molecule has 94 valence electrons. The molecule has 1 N–H and O–H groups in total. The van der Waals surface area contributed by atoms with E-state index in [1.54, 1.807) is 6.92 Å². The van der Waals surface area contributed by atoms with Gasteiger partial charge in [0.05, 0.1) is 6.61 Å². The van der Waals surface area contributed by atoms with Crippen LogP contribution >= 0.6 is 15.9 Å². The summed E-state index contributed by atoms with van der Waals surface area (Å²) in [6, 6.07) is 0. The number of rotatable bonds is 4. The van der Waals surface area contributed by atoms with E-state index in [0.29, 0.717) is 5.56 Å². The summed E-state index contributed by atoms with van der Waals surface area (Å²) in [7, 11) is 0. The zero-order valence-electron chi connectivity index (χ0n) is 8.91. The Labute approximate surface area is 105 Å². The van der Waals surface area contributed by atoms with E-state index in [2.05, 4.69) is 20.9 Å². The normalized spacial score (nSPS) is 10.6. The maximum absolute atomic E-state index is 12.5. The Balaban J connectivity index is 3.32. The number of alkyl halides is 3. The molecule has 0 amide bonds. The van der Waals surface area contributed by atoms with Crippen LogP contribution in [0.1, 0.15) is 35.0 Å². The maximum atomic E-state index is 12.5. The Morgan fingerprint density at radius 1 is 1.65 bits per heavy atom. The van der Waals surface area contributed by atoms with Gasteiger partial charge in [0.15, 0.2) is 5.75 Å². The van der Waals surface area contributed by atoms with Crippen molar-refractivity contribution in [1.82, 2.24) is 4.98 Å². The molecular weight excluding hydrogens is 300 g/mol. The van der Waals surface area contributed by atoms with Gasteiger partial charge in [0, 0.05) is 11.5 Å². The predicted molar refractivity (Wildman–Crippen MR) is 59.4 cm³/mol. The molecule has 4 nitrogen and oxygen atoms in total. The average molecular weight is 310 g/mol. The lowest BCUT2D eigenvalue weighted by molar-refractivity contribution is 0.0520. The largest absolute Gasteiger partial charge is 0.505 e. The van der Waals surface area contributed by atoms with Crippen molar-refractivity contribution in [2.24, 2.45) is 0 Å². The van der Waals surface area contributed by atoms with E-state index in [9.17, 15) is 18.7 Å². The molecule has 1 rings (SSSR count). The first-order valence-corrected chi connectivity index (χ1v) is 5.87. The number of hydrogen-bond donors (Lipinski definition) is 1. The summed E-state index contributed by atoms with van der Waals surface area (Å²) in [5, 5.41) is 9.80. The lowest BCUT2D eigenvalue weighted by Crippen LogP contribution is -2.10. The molecule has 1 heterocycles. The molecule has 0 aliphatic carbocycles. The molecule has 0 saturated heterocycles. The van der Waals surface area contributed by atoms with Crippen molar-refractivity contribution in [2.45, 2.75) is 18.7 Å². The Hall–Kier alpha value is -1.24. The molecule has 7 heteroatoms. The minimum Gasteiger partial charge on any atom is -0.505 e. The molecule has 0 atom stereocenters. The van der Waals surface area contributed by atoms with Crippen LogP contribution in [0.4, 0.5) is 8.78 Å². The number of aromatic hydroxyl groups is 1.